The maximum Gasteiger partial charge on any atom is 0.271 e. The molecule has 6 heteroatoms. The minimum atomic E-state index is -1.58. The molecule has 1 atom stereocenters. The number of anilines is 2. The number of halogens is 2. The van der Waals surface area contributed by atoms with Crippen molar-refractivity contribution < 1.29 is 4.79 Å². The number of hydrogen-bond donors (Lipinski definition) is 0. The summed E-state index contributed by atoms with van der Waals surface area (Å²) in [6.07, 6.45) is 1.78. The molecule has 2 aromatic carbocycles. The van der Waals surface area contributed by atoms with Gasteiger partial charge in [0.1, 0.15) is 0 Å². The Hall–Kier alpha value is -1.62. The molecule has 3 nitrogen and oxygen atoms in total. The van der Waals surface area contributed by atoms with Crippen LogP contribution < -0.4 is 9.80 Å². The van der Waals surface area contributed by atoms with E-state index in [1.807, 2.05) is 72.6 Å². The van der Waals surface area contributed by atoms with Crippen molar-refractivity contribution >= 4 is 52.2 Å². The Morgan fingerprint density at radius 1 is 1.12 bits per heavy atom. The number of amides is 1. The lowest BCUT2D eigenvalue weighted by atomic mass is 10.0. The van der Waals surface area contributed by atoms with Crippen LogP contribution in [-0.4, -0.2) is 28.0 Å². The number of alkyl halides is 2. The van der Waals surface area contributed by atoms with Gasteiger partial charge in [-0.2, -0.15) is 0 Å². The van der Waals surface area contributed by atoms with E-state index < -0.39 is 9.33 Å². The van der Waals surface area contributed by atoms with E-state index in [0.717, 1.165) is 11.4 Å². The topological polar surface area (TPSA) is 23.6 Å². The average molecular weight is 393 g/mol. The average Bonchev–Trinajstić information content (AvgIpc) is 2.65. The number of nitrogens with zero attached hydrogens (tertiary/aromatic N) is 2. The van der Waals surface area contributed by atoms with Gasteiger partial charge in [-0.05, 0) is 24.3 Å². The van der Waals surface area contributed by atoms with Gasteiger partial charge >= 0.3 is 0 Å². The smallest absolute Gasteiger partial charge is 0.271 e. The van der Waals surface area contributed by atoms with Crippen molar-refractivity contribution in [3.8, 4) is 0 Å². The van der Waals surface area contributed by atoms with E-state index in [4.69, 9.17) is 23.2 Å². The molecule has 0 aromatic heterocycles. The van der Waals surface area contributed by atoms with Crippen LogP contribution in [0.25, 0.3) is 0 Å². The van der Waals surface area contributed by atoms with Gasteiger partial charge in [-0.3, -0.25) is 9.69 Å². The van der Waals surface area contributed by atoms with Crippen LogP contribution in [0.1, 0.15) is 0 Å². The van der Waals surface area contributed by atoms with Gasteiger partial charge in [-0.25, -0.2) is 0 Å². The van der Waals surface area contributed by atoms with Gasteiger partial charge in [0.25, 0.3) is 5.91 Å². The van der Waals surface area contributed by atoms with Crippen molar-refractivity contribution in [2.24, 2.45) is 0 Å². The van der Waals surface area contributed by atoms with Gasteiger partial charge in [0.2, 0.25) is 9.33 Å². The van der Waals surface area contributed by atoms with Gasteiger partial charge in [-0.15, -0.1) is 18.3 Å². The molecule has 1 saturated heterocycles. The van der Waals surface area contributed by atoms with E-state index in [1.54, 1.807) is 11.0 Å². The zero-order chi connectivity index (χ0) is 18.1. The molecule has 130 valence electrons. The van der Waals surface area contributed by atoms with Crippen LogP contribution in [0.15, 0.2) is 73.3 Å². The summed E-state index contributed by atoms with van der Waals surface area (Å²) in [5.41, 5.74) is 1.67. The third kappa shape index (κ3) is 2.73. The van der Waals surface area contributed by atoms with Gasteiger partial charge < -0.3 is 4.90 Å². The lowest BCUT2D eigenvalue weighted by Crippen LogP contribution is -2.82. The summed E-state index contributed by atoms with van der Waals surface area (Å²) >= 11 is 14.6. The second-order valence-electron chi connectivity index (χ2n) is 5.65. The Kier molecular flexibility index (Phi) is 5.05. The fraction of sp³-hybridized carbons (Fsp3) is 0.211. The Bertz CT molecular complexity index is 770. The minimum absolute atomic E-state index is 0.332. The largest absolute Gasteiger partial charge is 0.340 e. The summed E-state index contributed by atoms with van der Waals surface area (Å²) in [6, 6.07) is 19.2. The quantitative estimate of drug-likeness (QED) is 0.301. The van der Waals surface area contributed by atoms with Gasteiger partial charge in [0.15, 0.2) is 0 Å². The molecule has 0 spiro atoms. The van der Waals surface area contributed by atoms with E-state index in [-0.39, 0.29) is 5.91 Å². The summed E-state index contributed by atoms with van der Waals surface area (Å²) < 4.78 is -1.58. The number of para-hydroxylation sites is 2. The monoisotopic (exact) mass is 392 g/mol. The zero-order valence-electron chi connectivity index (χ0n) is 13.7. The Morgan fingerprint density at radius 3 is 2.24 bits per heavy atom. The number of hydrogen-bond acceptors (Lipinski definition) is 3. The molecule has 1 fully saturated rings. The maximum atomic E-state index is 12.8. The lowest BCUT2D eigenvalue weighted by molar-refractivity contribution is -0.126. The molecule has 25 heavy (non-hydrogen) atoms. The number of benzene rings is 2. The normalized spacial score (nSPS) is 21.6. The SMILES string of the molecule is C=CCSC1(N(C)c2ccccc2)N(c2ccccc2)C(=O)C1(Cl)Cl. The maximum absolute atomic E-state index is 12.8. The molecular weight excluding hydrogens is 375 g/mol. The molecule has 0 N–H and O–H groups in total. The minimum Gasteiger partial charge on any atom is -0.340 e. The number of β-lactam (4-membered cyclic amide) rings is 1. The van der Waals surface area contributed by atoms with Crippen LogP contribution in [0.5, 0.6) is 0 Å². The van der Waals surface area contributed by atoms with Crippen LogP contribution in [0.3, 0.4) is 0 Å². The predicted octanol–water partition coefficient (Wildman–Crippen LogP) is 4.92. The second kappa shape index (κ2) is 6.94. The number of carbonyl (C=O) groups is 1. The van der Waals surface area contributed by atoms with Crippen molar-refractivity contribution in [2.75, 3.05) is 22.6 Å². The highest BCUT2D eigenvalue weighted by Gasteiger charge is 2.74. The second-order valence-corrected chi connectivity index (χ2v) is 8.17. The fourth-order valence-corrected chi connectivity index (χ4v) is 5.14. The molecule has 0 radical (unpaired) electrons. The van der Waals surface area contributed by atoms with Crippen molar-refractivity contribution in [1.82, 2.24) is 0 Å². The number of rotatable bonds is 6. The lowest BCUT2D eigenvalue weighted by Gasteiger charge is -2.62. The highest BCUT2D eigenvalue weighted by atomic mass is 35.5. The molecular formula is C19H18Cl2N2OS. The molecule has 3 rings (SSSR count). The molecule has 1 unspecified atom stereocenters. The standard InChI is InChI=1S/C19H18Cl2N2OS/c1-3-14-25-19(22(2)15-10-6-4-7-11-15)18(20,21)17(24)23(19)16-12-8-5-9-13-16/h3-13H,1,14H2,2H3. The van der Waals surface area contributed by atoms with Crippen molar-refractivity contribution in [3.05, 3.63) is 73.3 Å². The summed E-state index contributed by atoms with van der Waals surface area (Å²) in [6.45, 7) is 3.79. The van der Waals surface area contributed by atoms with Crippen molar-refractivity contribution in [2.45, 2.75) is 9.33 Å². The highest BCUT2D eigenvalue weighted by molar-refractivity contribution is 8.01. The van der Waals surface area contributed by atoms with E-state index in [9.17, 15) is 4.79 Å². The fourth-order valence-electron chi connectivity index (χ4n) is 2.99. The van der Waals surface area contributed by atoms with E-state index in [0.29, 0.717) is 5.75 Å². The van der Waals surface area contributed by atoms with Crippen molar-refractivity contribution in [1.29, 1.82) is 0 Å². The summed E-state index contributed by atoms with van der Waals surface area (Å²) in [5, 5.41) is 0. The number of thioether (sulfide) groups is 1. The molecule has 1 aliphatic rings. The highest BCUT2D eigenvalue weighted by Crippen LogP contribution is 2.59. The third-order valence-corrected chi connectivity index (χ3v) is 6.84. The molecule has 2 aromatic rings. The molecule has 0 bridgehead atoms. The summed E-state index contributed by atoms with van der Waals surface area (Å²) in [7, 11) is 1.90. The van der Waals surface area contributed by atoms with E-state index >= 15 is 0 Å². The molecule has 1 amide bonds. The van der Waals surface area contributed by atoms with E-state index in [2.05, 4.69) is 6.58 Å². The van der Waals surface area contributed by atoms with Crippen LogP contribution in [0.2, 0.25) is 0 Å². The van der Waals surface area contributed by atoms with Gasteiger partial charge in [0.05, 0.1) is 0 Å². The predicted molar refractivity (Wildman–Crippen MR) is 109 cm³/mol. The van der Waals surface area contributed by atoms with Gasteiger partial charge in [-0.1, -0.05) is 65.7 Å². The Labute approximate surface area is 162 Å². The van der Waals surface area contributed by atoms with Crippen molar-refractivity contribution in [3.63, 3.8) is 0 Å². The Morgan fingerprint density at radius 2 is 1.68 bits per heavy atom. The first kappa shape index (κ1) is 18.2. The Balaban J connectivity index is 2.13. The first-order valence-electron chi connectivity index (χ1n) is 7.78. The molecule has 0 saturated carbocycles. The third-order valence-electron chi connectivity index (χ3n) is 4.20. The van der Waals surface area contributed by atoms with Crippen LogP contribution in [-0.2, 0) is 4.79 Å². The number of carbonyl (C=O) groups excluding carboxylic acids is 1. The molecule has 1 aliphatic heterocycles. The first-order chi connectivity index (χ1) is 12.0. The van der Waals surface area contributed by atoms with Crippen LogP contribution >= 0.6 is 35.0 Å². The molecule has 1 heterocycles. The zero-order valence-corrected chi connectivity index (χ0v) is 16.1. The summed E-state index contributed by atoms with van der Waals surface area (Å²) in [5.74, 6) is 0.260. The van der Waals surface area contributed by atoms with E-state index in [1.165, 1.54) is 11.8 Å². The van der Waals surface area contributed by atoms with Crippen LogP contribution in [0.4, 0.5) is 11.4 Å². The first-order valence-corrected chi connectivity index (χ1v) is 9.52. The molecule has 0 aliphatic carbocycles. The van der Waals surface area contributed by atoms with Crippen LogP contribution in [0, 0.1) is 0 Å². The van der Waals surface area contributed by atoms with Gasteiger partial charge in [0, 0.05) is 24.2 Å². The summed E-state index contributed by atoms with van der Waals surface area (Å²) in [4.78, 5) is 15.4.